The molecule has 0 saturated carbocycles. The molecule has 4 aromatic rings. The van der Waals surface area contributed by atoms with Crippen molar-refractivity contribution in [2.75, 3.05) is 27.3 Å². The highest BCUT2D eigenvalue weighted by Crippen LogP contribution is 2.29. The Morgan fingerprint density at radius 1 is 1.03 bits per heavy atom. The molecule has 36 heavy (non-hydrogen) atoms. The monoisotopic (exact) mass is 488 g/mol. The molecule has 1 aliphatic rings. The van der Waals surface area contributed by atoms with Crippen LogP contribution in [0.3, 0.4) is 0 Å². The van der Waals surface area contributed by atoms with Gasteiger partial charge in [-0.05, 0) is 42.9 Å². The van der Waals surface area contributed by atoms with E-state index in [1.165, 1.54) is 21.1 Å². The fraction of sp³-hybridized carbons (Fsp3) is 0.346. The lowest BCUT2D eigenvalue weighted by Gasteiger charge is -2.32. The second kappa shape index (κ2) is 10.2. The number of rotatable bonds is 7. The van der Waals surface area contributed by atoms with Gasteiger partial charge in [0.1, 0.15) is 12.9 Å². The Morgan fingerprint density at radius 3 is 2.50 bits per heavy atom. The van der Waals surface area contributed by atoms with E-state index in [0.717, 1.165) is 19.3 Å². The van der Waals surface area contributed by atoms with Crippen molar-refractivity contribution in [1.82, 2.24) is 29.4 Å². The maximum atomic E-state index is 13.1. The minimum Gasteiger partial charge on any atom is -0.493 e. The average Bonchev–Trinajstić information content (AvgIpc) is 3.36. The number of carbonyl (C=O) groups is 1. The first-order chi connectivity index (χ1) is 17.6. The van der Waals surface area contributed by atoms with Gasteiger partial charge in [0.15, 0.2) is 22.7 Å². The standard InChI is InChI=1S/C26H28N6O4/c1-35-21-9-8-20(15-22(21)36-2)32-25-24(28-29-32)26(34)31(17-27-25)16-23(33)30-12-10-19(11-13-30)14-18-6-4-3-5-7-18/h3-9,15,17,19H,10-14,16H2,1-2H3. The Hall–Kier alpha value is -4.21. The van der Waals surface area contributed by atoms with E-state index in [2.05, 4.69) is 39.6 Å². The van der Waals surface area contributed by atoms with Crippen LogP contribution in [0, 0.1) is 5.92 Å². The molecule has 3 heterocycles. The second-order valence-corrected chi connectivity index (χ2v) is 8.90. The van der Waals surface area contributed by atoms with Crippen molar-refractivity contribution < 1.29 is 14.3 Å². The van der Waals surface area contributed by atoms with Gasteiger partial charge in [0, 0.05) is 19.2 Å². The number of piperidine rings is 1. The minimum atomic E-state index is -0.404. The summed E-state index contributed by atoms with van der Waals surface area (Å²) in [4.78, 5) is 32.2. The summed E-state index contributed by atoms with van der Waals surface area (Å²) in [6, 6.07) is 15.7. The van der Waals surface area contributed by atoms with Gasteiger partial charge in [0.2, 0.25) is 5.91 Å². The molecule has 1 fully saturated rings. The Kier molecular flexibility index (Phi) is 6.66. The summed E-state index contributed by atoms with van der Waals surface area (Å²) in [5, 5.41) is 8.15. The summed E-state index contributed by atoms with van der Waals surface area (Å²) in [6.07, 6.45) is 4.31. The Balaban J connectivity index is 1.28. The van der Waals surface area contributed by atoms with E-state index in [1.807, 2.05) is 11.0 Å². The van der Waals surface area contributed by atoms with Crippen molar-refractivity contribution in [2.45, 2.75) is 25.8 Å². The van der Waals surface area contributed by atoms with Gasteiger partial charge in [-0.1, -0.05) is 35.5 Å². The molecule has 0 spiro atoms. The Morgan fingerprint density at radius 2 is 1.78 bits per heavy atom. The number of hydrogen-bond acceptors (Lipinski definition) is 7. The normalized spacial score (nSPS) is 14.2. The van der Waals surface area contributed by atoms with Gasteiger partial charge < -0.3 is 14.4 Å². The number of methoxy groups -OCH3 is 2. The van der Waals surface area contributed by atoms with Crippen LogP contribution in [0.15, 0.2) is 59.7 Å². The number of nitrogens with zero attached hydrogens (tertiary/aromatic N) is 6. The highest BCUT2D eigenvalue weighted by molar-refractivity contribution is 5.77. The molecule has 2 aromatic heterocycles. The van der Waals surface area contributed by atoms with E-state index in [1.54, 1.807) is 32.4 Å². The number of hydrogen-bond donors (Lipinski definition) is 0. The molecule has 0 aliphatic carbocycles. The third kappa shape index (κ3) is 4.66. The maximum Gasteiger partial charge on any atom is 0.284 e. The first-order valence-electron chi connectivity index (χ1n) is 11.9. The number of aromatic nitrogens is 5. The molecule has 0 radical (unpaired) electrons. The van der Waals surface area contributed by atoms with Crippen molar-refractivity contribution in [2.24, 2.45) is 5.92 Å². The smallest absolute Gasteiger partial charge is 0.284 e. The second-order valence-electron chi connectivity index (χ2n) is 8.90. The number of ether oxygens (including phenoxy) is 2. The SMILES string of the molecule is COc1ccc(-n2nnc3c(=O)n(CC(=O)N4CCC(Cc5ccccc5)CC4)cnc32)cc1OC. The van der Waals surface area contributed by atoms with Gasteiger partial charge in [-0.2, -0.15) is 4.68 Å². The van der Waals surface area contributed by atoms with E-state index in [4.69, 9.17) is 9.47 Å². The third-order valence-corrected chi connectivity index (χ3v) is 6.68. The molecule has 5 rings (SSSR count). The van der Waals surface area contributed by atoms with Crippen LogP contribution >= 0.6 is 0 Å². The van der Waals surface area contributed by atoms with E-state index in [9.17, 15) is 9.59 Å². The van der Waals surface area contributed by atoms with Crippen LogP contribution in [0.4, 0.5) is 0 Å². The molecule has 0 N–H and O–H groups in total. The van der Waals surface area contributed by atoms with Gasteiger partial charge in [0.25, 0.3) is 5.56 Å². The predicted octanol–water partition coefficient (Wildman–Crippen LogP) is 2.48. The van der Waals surface area contributed by atoms with E-state index in [0.29, 0.717) is 41.8 Å². The van der Waals surface area contributed by atoms with Crippen molar-refractivity contribution in [3.05, 3.63) is 70.8 Å². The minimum absolute atomic E-state index is 0.0751. The van der Waals surface area contributed by atoms with Crippen LogP contribution in [0.5, 0.6) is 11.5 Å². The summed E-state index contributed by atoms with van der Waals surface area (Å²) in [5.41, 5.74) is 1.95. The lowest BCUT2D eigenvalue weighted by Crippen LogP contribution is -2.42. The largest absolute Gasteiger partial charge is 0.493 e. The average molecular weight is 489 g/mol. The number of carbonyl (C=O) groups excluding carboxylic acids is 1. The molecule has 0 unspecified atom stereocenters. The summed E-state index contributed by atoms with van der Waals surface area (Å²) in [6.45, 7) is 1.31. The zero-order valence-electron chi connectivity index (χ0n) is 20.3. The molecule has 0 atom stereocenters. The molecule has 1 amide bonds. The molecular weight excluding hydrogens is 460 g/mol. The first-order valence-corrected chi connectivity index (χ1v) is 11.9. The van der Waals surface area contributed by atoms with Crippen LogP contribution in [0.25, 0.3) is 16.9 Å². The molecule has 2 aromatic carbocycles. The molecule has 186 valence electrons. The van der Waals surface area contributed by atoms with Gasteiger partial charge in [0.05, 0.1) is 19.9 Å². The van der Waals surface area contributed by atoms with Gasteiger partial charge >= 0.3 is 0 Å². The number of likely N-dealkylation sites (tertiary alicyclic amines) is 1. The lowest BCUT2D eigenvalue weighted by molar-refractivity contribution is -0.133. The number of benzene rings is 2. The predicted molar refractivity (Wildman–Crippen MR) is 133 cm³/mol. The molecule has 1 aliphatic heterocycles. The van der Waals surface area contributed by atoms with Crippen molar-refractivity contribution in [1.29, 1.82) is 0 Å². The zero-order valence-corrected chi connectivity index (χ0v) is 20.3. The zero-order chi connectivity index (χ0) is 25.1. The lowest BCUT2D eigenvalue weighted by atomic mass is 9.90. The van der Waals surface area contributed by atoms with E-state index in [-0.39, 0.29) is 18.0 Å². The van der Waals surface area contributed by atoms with E-state index < -0.39 is 5.56 Å². The highest BCUT2D eigenvalue weighted by Gasteiger charge is 2.24. The highest BCUT2D eigenvalue weighted by atomic mass is 16.5. The topological polar surface area (TPSA) is 104 Å². The summed E-state index contributed by atoms with van der Waals surface area (Å²) in [7, 11) is 3.10. The summed E-state index contributed by atoms with van der Waals surface area (Å²) in [5.74, 6) is 1.56. The molecule has 0 bridgehead atoms. The van der Waals surface area contributed by atoms with E-state index >= 15 is 0 Å². The van der Waals surface area contributed by atoms with Crippen molar-refractivity contribution in [3.63, 3.8) is 0 Å². The summed E-state index contributed by atoms with van der Waals surface area (Å²) >= 11 is 0. The van der Waals surface area contributed by atoms with Gasteiger partial charge in [-0.25, -0.2) is 4.98 Å². The third-order valence-electron chi connectivity index (χ3n) is 6.68. The molecule has 10 heteroatoms. The Bertz CT molecular complexity index is 1420. The maximum absolute atomic E-state index is 13.1. The fourth-order valence-electron chi connectivity index (χ4n) is 4.67. The molecule has 10 nitrogen and oxygen atoms in total. The van der Waals surface area contributed by atoms with Crippen molar-refractivity contribution >= 4 is 17.1 Å². The van der Waals surface area contributed by atoms with Crippen molar-refractivity contribution in [3.8, 4) is 17.2 Å². The number of fused-ring (bicyclic) bond motifs is 1. The van der Waals surface area contributed by atoms with Crippen LogP contribution < -0.4 is 15.0 Å². The molecular formula is C26H28N6O4. The first kappa shape index (κ1) is 23.5. The van der Waals surface area contributed by atoms with Crippen LogP contribution in [-0.4, -0.2) is 62.7 Å². The van der Waals surface area contributed by atoms with Crippen LogP contribution in [-0.2, 0) is 17.8 Å². The summed E-state index contributed by atoms with van der Waals surface area (Å²) < 4.78 is 13.4. The molecule has 1 saturated heterocycles. The van der Waals surface area contributed by atoms with Gasteiger partial charge in [-0.3, -0.25) is 14.2 Å². The van der Waals surface area contributed by atoms with Gasteiger partial charge in [-0.15, -0.1) is 5.10 Å². The Labute approximate surface area is 208 Å². The fourth-order valence-corrected chi connectivity index (χ4v) is 4.67. The number of amides is 1. The quantitative estimate of drug-likeness (QED) is 0.394. The van der Waals surface area contributed by atoms with Crippen LogP contribution in [0.1, 0.15) is 18.4 Å². The van der Waals surface area contributed by atoms with Crippen LogP contribution in [0.2, 0.25) is 0 Å².